The molecular formula is C14H13N3O2. The van der Waals surface area contributed by atoms with Crippen LogP contribution in [0.5, 0.6) is 0 Å². The van der Waals surface area contributed by atoms with Crippen LogP contribution in [0.1, 0.15) is 10.5 Å². The van der Waals surface area contributed by atoms with Gasteiger partial charge in [-0.3, -0.25) is 5.10 Å². The number of rotatable bonds is 2. The Labute approximate surface area is 109 Å². The molecule has 0 fully saturated rings. The number of aryl methyl sites for hydroxylation is 1. The van der Waals surface area contributed by atoms with Crippen molar-refractivity contribution in [2.75, 3.05) is 7.11 Å². The van der Waals surface area contributed by atoms with E-state index in [-0.39, 0.29) is 5.97 Å². The van der Waals surface area contributed by atoms with Crippen molar-refractivity contribution in [3.63, 3.8) is 0 Å². The van der Waals surface area contributed by atoms with E-state index < -0.39 is 0 Å². The number of aromatic amines is 1. The van der Waals surface area contributed by atoms with Crippen LogP contribution in [0.25, 0.3) is 22.2 Å². The molecule has 0 amide bonds. The van der Waals surface area contributed by atoms with Crippen LogP contribution in [0.15, 0.2) is 36.5 Å². The summed E-state index contributed by atoms with van der Waals surface area (Å²) in [6.45, 7) is 0. The van der Waals surface area contributed by atoms with Crippen molar-refractivity contribution >= 4 is 16.9 Å². The van der Waals surface area contributed by atoms with Crippen LogP contribution in [0.4, 0.5) is 0 Å². The van der Waals surface area contributed by atoms with Crippen molar-refractivity contribution < 1.29 is 9.53 Å². The number of methoxy groups -OCH3 is 1. The number of nitrogens with zero attached hydrogens (tertiary/aromatic N) is 2. The molecule has 2 aromatic heterocycles. The molecule has 0 radical (unpaired) electrons. The van der Waals surface area contributed by atoms with Crippen LogP contribution in [0.3, 0.4) is 0 Å². The molecule has 0 aliphatic rings. The first-order valence-corrected chi connectivity index (χ1v) is 5.90. The molecule has 0 bridgehead atoms. The van der Waals surface area contributed by atoms with Crippen LogP contribution in [0.2, 0.25) is 0 Å². The highest BCUT2D eigenvalue weighted by Crippen LogP contribution is 2.33. The molecule has 0 aliphatic carbocycles. The minimum Gasteiger partial charge on any atom is -0.464 e. The second-order valence-electron chi connectivity index (χ2n) is 4.25. The van der Waals surface area contributed by atoms with E-state index in [9.17, 15) is 4.79 Å². The van der Waals surface area contributed by atoms with Crippen molar-refractivity contribution in [1.29, 1.82) is 0 Å². The van der Waals surface area contributed by atoms with E-state index in [1.807, 2.05) is 41.9 Å². The Morgan fingerprint density at radius 3 is 2.79 bits per heavy atom. The molecule has 0 saturated carbocycles. The summed E-state index contributed by atoms with van der Waals surface area (Å²) < 4.78 is 6.73. The Bertz CT molecular complexity index is 741. The maximum absolute atomic E-state index is 12.0. The molecule has 1 N–H and O–H groups in total. The molecule has 0 saturated heterocycles. The van der Waals surface area contributed by atoms with Crippen LogP contribution >= 0.6 is 0 Å². The van der Waals surface area contributed by atoms with Gasteiger partial charge in [-0.2, -0.15) is 5.10 Å². The number of para-hydroxylation sites is 1. The molecule has 0 spiro atoms. The SMILES string of the molecule is COC(=O)c1c(-c2cc[nH]n2)c2ccccc2n1C. The molecule has 0 atom stereocenters. The number of carbonyl (C=O) groups excluding carboxylic acids is 1. The van der Waals surface area contributed by atoms with Gasteiger partial charge < -0.3 is 9.30 Å². The second kappa shape index (κ2) is 4.28. The molecule has 96 valence electrons. The normalized spacial score (nSPS) is 10.8. The zero-order valence-electron chi connectivity index (χ0n) is 10.7. The van der Waals surface area contributed by atoms with E-state index in [0.29, 0.717) is 5.69 Å². The standard InChI is InChI=1S/C14H13N3O2/c1-17-11-6-4-3-5-9(11)12(10-7-8-15-16-10)13(17)14(18)19-2/h3-8H,1-2H3,(H,15,16). The topological polar surface area (TPSA) is 59.9 Å². The van der Waals surface area contributed by atoms with Crippen molar-refractivity contribution in [3.8, 4) is 11.3 Å². The fourth-order valence-corrected chi connectivity index (χ4v) is 2.39. The first kappa shape index (κ1) is 11.5. The molecule has 3 aromatic rings. The van der Waals surface area contributed by atoms with E-state index in [1.165, 1.54) is 7.11 Å². The third-order valence-corrected chi connectivity index (χ3v) is 3.24. The van der Waals surface area contributed by atoms with Gasteiger partial charge in [-0.25, -0.2) is 4.79 Å². The lowest BCUT2D eigenvalue weighted by atomic mass is 10.1. The van der Waals surface area contributed by atoms with Crippen LogP contribution in [0, 0.1) is 0 Å². The molecule has 19 heavy (non-hydrogen) atoms. The number of nitrogens with one attached hydrogen (secondary N) is 1. The highest BCUT2D eigenvalue weighted by Gasteiger charge is 2.23. The first-order valence-electron chi connectivity index (χ1n) is 5.90. The second-order valence-corrected chi connectivity index (χ2v) is 4.25. The number of benzene rings is 1. The minimum atomic E-state index is -0.364. The van der Waals surface area contributed by atoms with Crippen molar-refractivity contribution in [2.24, 2.45) is 7.05 Å². The third kappa shape index (κ3) is 1.62. The maximum atomic E-state index is 12.0. The zero-order valence-corrected chi connectivity index (χ0v) is 10.7. The minimum absolute atomic E-state index is 0.364. The Balaban J connectivity index is 2.43. The average Bonchev–Trinajstić information content (AvgIpc) is 3.05. The summed E-state index contributed by atoms with van der Waals surface area (Å²) in [6.07, 6.45) is 1.73. The number of aromatic nitrogens is 3. The van der Waals surface area contributed by atoms with E-state index in [1.54, 1.807) is 6.20 Å². The summed E-state index contributed by atoms with van der Waals surface area (Å²) in [7, 11) is 3.24. The molecule has 3 rings (SSSR count). The van der Waals surface area contributed by atoms with Gasteiger partial charge in [0.25, 0.3) is 0 Å². The smallest absolute Gasteiger partial charge is 0.355 e. The van der Waals surface area contributed by atoms with Gasteiger partial charge in [0.15, 0.2) is 0 Å². The summed E-state index contributed by atoms with van der Waals surface area (Å²) >= 11 is 0. The monoisotopic (exact) mass is 255 g/mol. The summed E-state index contributed by atoms with van der Waals surface area (Å²) in [5.41, 5.74) is 3.01. The largest absolute Gasteiger partial charge is 0.464 e. The average molecular weight is 255 g/mol. The van der Waals surface area contributed by atoms with Crippen molar-refractivity contribution in [1.82, 2.24) is 14.8 Å². The molecule has 2 heterocycles. The van der Waals surface area contributed by atoms with Gasteiger partial charge in [0.05, 0.1) is 12.8 Å². The molecule has 5 heteroatoms. The van der Waals surface area contributed by atoms with Crippen molar-refractivity contribution in [3.05, 3.63) is 42.2 Å². The Morgan fingerprint density at radius 1 is 1.32 bits per heavy atom. The number of esters is 1. The number of ether oxygens (including phenoxy) is 1. The quantitative estimate of drug-likeness (QED) is 0.715. The lowest BCUT2D eigenvalue weighted by molar-refractivity contribution is 0.0591. The molecule has 0 aliphatic heterocycles. The summed E-state index contributed by atoms with van der Waals surface area (Å²) in [5, 5.41) is 7.94. The zero-order chi connectivity index (χ0) is 13.4. The number of fused-ring (bicyclic) bond motifs is 1. The maximum Gasteiger partial charge on any atom is 0.355 e. The van der Waals surface area contributed by atoms with E-state index in [0.717, 1.165) is 22.2 Å². The lowest BCUT2D eigenvalue weighted by Crippen LogP contribution is -2.08. The summed E-state index contributed by atoms with van der Waals surface area (Å²) in [5.74, 6) is -0.364. The van der Waals surface area contributed by atoms with Gasteiger partial charge in [0.2, 0.25) is 0 Å². The van der Waals surface area contributed by atoms with Gasteiger partial charge in [0.1, 0.15) is 5.69 Å². The Kier molecular flexibility index (Phi) is 2.59. The predicted molar refractivity (Wildman–Crippen MR) is 71.8 cm³/mol. The van der Waals surface area contributed by atoms with Crippen LogP contribution < -0.4 is 0 Å². The van der Waals surface area contributed by atoms with Gasteiger partial charge in [0, 0.05) is 29.7 Å². The highest BCUT2D eigenvalue weighted by molar-refractivity contribution is 6.07. The fraction of sp³-hybridized carbons (Fsp3) is 0.143. The first-order chi connectivity index (χ1) is 9.24. The predicted octanol–water partition coefficient (Wildman–Crippen LogP) is 2.36. The molecule has 0 unspecified atom stereocenters. The van der Waals surface area contributed by atoms with E-state index >= 15 is 0 Å². The van der Waals surface area contributed by atoms with Gasteiger partial charge in [-0.15, -0.1) is 0 Å². The van der Waals surface area contributed by atoms with Gasteiger partial charge in [-0.1, -0.05) is 18.2 Å². The molecule has 1 aromatic carbocycles. The number of hydrogen-bond donors (Lipinski definition) is 1. The highest BCUT2D eigenvalue weighted by atomic mass is 16.5. The van der Waals surface area contributed by atoms with Gasteiger partial charge in [-0.05, 0) is 12.1 Å². The van der Waals surface area contributed by atoms with Gasteiger partial charge >= 0.3 is 5.97 Å². The molecular weight excluding hydrogens is 242 g/mol. The summed E-state index contributed by atoms with van der Waals surface area (Å²) in [4.78, 5) is 12.0. The van der Waals surface area contributed by atoms with Crippen LogP contribution in [-0.4, -0.2) is 27.8 Å². The summed E-state index contributed by atoms with van der Waals surface area (Å²) in [6, 6.07) is 9.68. The third-order valence-electron chi connectivity index (χ3n) is 3.24. The number of H-pyrrole nitrogens is 1. The number of carbonyl (C=O) groups is 1. The lowest BCUT2D eigenvalue weighted by Gasteiger charge is -2.03. The van der Waals surface area contributed by atoms with Crippen molar-refractivity contribution in [2.45, 2.75) is 0 Å². The van der Waals surface area contributed by atoms with E-state index in [4.69, 9.17) is 4.74 Å². The Morgan fingerprint density at radius 2 is 2.11 bits per heavy atom. The fourth-order valence-electron chi connectivity index (χ4n) is 2.39. The van der Waals surface area contributed by atoms with Crippen LogP contribution in [-0.2, 0) is 11.8 Å². The number of hydrogen-bond acceptors (Lipinski definition) is 3. The molecule has 5 nitrogen and oxygen atoms in total. The Hall–Kier alpha value is -2.56. The van der Waals surface area contributed by atoms with E-state index in [2.05, 4.69) is 10.2 Å².